The van der Waals surface area contributed by atoms with Gasteiger partial charge >= 0.3 is 0 Å². The molecule has 0 spiro atoms. The van der Waals surface area contributed by atoms with Crippen molar-refractivity contribution in [2.45, 2.75) is 127 Å². The van der Waals surface area contributed by atoms with Crippen LogP contribution in [-0.4, -0.2) is 111 Å². The molecule has 14 nitrogen and oxygen atoms in total. The molecule has 0 aromatic heterocycles. The standard InChI is InChI=1S/C51H71N5O9S/c1-7-38-22-24-42-40(36-38)50(2,3)44(54(42)30-14-9-12-21-47(58)53-29-33-65-35-34-64-6)18-17-19-45-51(4,5)41-37-39(66(61,62)63)23-25-43(41)55(45)31-15-8-11-20-46(57)52-28-13-10-16-32-56-48(59)26-27-49(56)60/h17-19,22-27,36-37H,7-16,20-21,28-35H2,1-6H3,(H2-,52,53,57,58,61,62,63)/p+1. The quantitative estimate of drug-likeness (QED) is 0.0342. The molecule has 66 heavy (non-hydrogen) atoms. The SMILES string of the molecule is CCc1ccc2c(c1)C(C)(C)C(=CC=CC1=[N+](CCCCCC(=O)NCCCCCN3C(=O)C=CC3=O)c3ccc(S(=O)(=O)O)cc3C1(C)C)N2CCCCCC(=O)NCCOCCOC. The molecule has 3 N–H and O–H groups in total. The molecule has 2 aromatic carbocycles. The smallest absolute Gasteiger partial charge is 0.294 e. The fourth-order valence-electron chi connectivity index (χ4n) is 9.07. The lowest BCUT2D eigenvalue weighted by Gasteiger charge is -2.27. The van der Waals surface area contributed by atoms with Gasteiger partial charge in [-0.1, -0.05) is 45.4 Å². The average molecular weight is 931 g/mol. The summed E-state index contributed by atoms with van der Waals surface area (Å²) in [6.45, 7) is 15.2. The number of nitrogens with one attached hydrogen (secondary N) is 2. The lowest BCUT2D eigenvalue weighted by atomic mass is 9.81. The van der Waals surface area contributed by atoms with Crippen LogP contribution in [0.4, 0.5) is 11.4 Å². The van der Waals surface area contributed by atoms with Crippen molar-refractivity contribution in [1.29, 1.82) is 0 Å². The van der Waals surface area contributed by atoms with Crippen LogP contribution in [0.2, 0.25) is 0 Å². The summed E-state index contributed by atoms with van der Waals surface area (Å²) in [5, 5.41) is 5.92. The Labute approximate surface area is 392 Å². The van der Waals surface area contributed by atoms with Crippen molar-refractivity contribution in [3.63, 3.8) is 0 Å². The number of unbranched alkanes of at least 4 members (excludes halogenated alkanes) is 6. The predicted molar refractivity (Wildman–Crippen MR) is 258 cm³/mol. The van der Waals surface area contributed by atoms with E-state index in [0.29, 0.717) is 71.7 Å². The molecule has 0 saturated heterocycles. The summed E-state index contributed by atoms with van der Waals surface area (Å²) in [6, 6.07) is 11.6. The van der Waals surface area contributed by atoms with Crippen molar-refractivity contribution in [1.82, 2.24) is 15.5 Å². The Morgan fingerprint density at radius 1 is 0.758 bits per heavy atom. The second-order valence-electron chi connectivity index (χ2n) is 18.4. The number of allylic oxidation sites excluding steroid dienone is 4. The number of imide groups is 1. The van der Waals surface area contributed by atoms with E-state index in [1.54, 1.807) is 19.2 Å². The minimum absolute atomic E-state index is 0.00594. The molecule has 4 amide bonds. The molecule has 0 bridgehead atoms. The zero-order valence-electron chi connectivity index (χ0n) is 40.0. The van der Waals surface area contributed by atoms with E-state index in [-0.39, 0.29) is 33.9 Å². The van der Waals surface area contributed by atoms with E-state index in [4.69, 9.17) is 9.47 Å². The first-order valence-corrected chi connectivity index (χ1v) is 25.1. The highest BCUT2D eigenvalue weighted by atomic mass is 32.2. The summed E-state index contributed by atoms with van der Waals surface area (Å²) < 4.78 is 47.2. The van der Waals surface area contributed by atoms with Crippen LogP contribution < -0.4 is 15.5 Å². The number of ether oxygens (including phenoxy) is 2. The molecule has 0 radical (unpaired) electrons. The Bertz CT molecular complexity index is 2280. The van der Waals surface area contributed by atoms with Crippen LogP contribution in [0.1, 0.15) is 122 Å². The van der Waals surface area contributed by atoms with Gasteiger partial charge in [-0.05, 0) is 101 Å². The number of methoxy groups -OCH3 is 1. The minimum Gasteiger partial charge on any atom is -0.382 e. The number of hydrogen-bond donors (Lipinski definition) is 3. The fraction of sp³-hybridized carbons (Fsp3) is 0.549. The first-order valence-electron chi connectivity index (χ1n) is 23.7. The number of hydrogen-bond acceptors (Lipinski definition) is 9. The molecule has 3 aliphatic rings. The zero-order valence-corrected chi connectivity index (χ0v) is 40.8. The summed E-state index contributed by atoms with van der Waals surface area (Å²) in [4.78, 5) is 52.1. The largest absolute Gasteiger partial charge is 0.382 e. The number of anilines is 1. The fourth-order valence-corrected chi connectivity index (χ4v) is 9.58. The van der Waals surface area contributed by atoms with E-state index < -0.39 is 15.5 Å². The van der Waals surface area contributed by atoms with Gasteiger partial charge in [-0.15, -0.1) is 0 Å². The zero-order chi connectivity index (χ0) is 47.9. The van der Waals surface area contributed by atoms with E-state index >= 15 is 0 Å². The van der Waals surface area contributed by atoms with Gasteiger partial charge in [0.15, 0.2) is 5.71 Å². The normalized spacial score (nSPS) is 16.9. The van der Waals surface area contributed by atoms with E-state index in [2.05, 4.69) is 91.2 Å². The van der Waals surface area contributed by atoms with Crippen LogP contribution in [0.15, 0.2) is 77.4 Å². The van der Waals surface area contributed by atoms with Crippen LogP contribution in [0.25, 0.3) is 0 Å². The molecule has 5 rings (SSSR count). The number of aryl methyl sites for hydroxylation is 1. The van der Waals surface area contributed by atoms with Crippen LogP contribution >= 0.6 is 0 Å². The molecule has 360 valence electrons. The Balaban J connectivity index is 1.24. The predicted octanol–water partition coefficient (Wildman–Crippen LogP) is 7.22. The van der Waals surface area contributed by atoms with E-state index in [1.807, 2.05) is 0 Å². The lowest BCUT2D eigenvalue weighted by molar-refractivity contribution is -0.438. The molecule has 0 atom stereocenters. The Hall–Kier alpha value is -4.96. The number of benzene rings is 2. The minimum atomic E-state index is -4.42. The summed E-state index contributed by atoms with van der Waals surface area (Å²) in [5.74, 6) is -0.522. The summed E-state index contributed by atoms with van der Waals surface area (Å²) in [6.07, 6.45) is 18.0. The van der Waals surface area contributed by atoms with Crippen molar-refractivity contribution in [2.75, 3.05) is 64.6 Å². The first kappa shape index (κ1) is 52.0. The van der Waals surface area contributed by atoms with Crippen molar-refractivity contribution in [3.8, 4) is 0 Å². The van der Waals surface area contributed by atoms with E-state index in [0.717, 1.165) is 74.9 Å². The first-order chi connectivity index (χ1) is 31.5. The highest BCUT2D eigenvalue weighted by Crippen LogP contribution is 2.48. The van der Waals surface area contributed by atoms with Gasteiger partial charge in [-0.3, -0.25) is 28.6 Å². The van der Waals surface area contributed by atoms with Crippen molar-refractivity contribution >= 4 is 50.8 Å². The summed E-state index contributed by atoms with van der Waals surface area (Å²) in [5.41, 5.74) is 6.77. The maximum absolute atomic E-state index is 12.6. The van der Waals surface area contributed by atoms with Gasteiger partial charge in [-0.25, -0.2) is 0 Å². The van der Waals surface area contributed by atoms with Crippen LogP contribution in [-0.2, 0) is 56.0 Å². The third kappa shape index (κ3) is 13.6. The van der Waals surface area contributed by atoms with Gasteiger partial charge < -0.3 is 25.0 Å². The van der Waals surface area contributed by atoms with Gasteiger partial charge in [0.25, 0.3) is 21.9 Å². The number of amides is 4. The molecule has 3 heterocycles. The number of carbonyl (C=O) groups excluding carboxylic acids is 4. The maximum atomic E-state index is 12.6. The Kier molecular flexibility index (Phi) is 19.1. The topological polar surface area (TPSA) is 175 Å². The Morgan fingerprint density at radius 3 is 2.08 bits per heavy atom. The summed E-state index contributed by atoms with van der Waals surface area (Å²) in [7, 11) is -2.79. The van der Waals surface area contributed by atoms with Crippen LogP contribution in [0, 0.1) is 0 Å². The van der Waals surface area contributed by atoms with Crippen LogP contribution in [0.5, 0.6) is 0 Å². The average Bonchev–Trinajstić information content (AvgIpc) is 3.79. The molecule has 0 unspecified atom stereocenters. The third-order valence-electron chi connectivity index (χ3n) is 12.9. The molecular formula is C51H72N5O9S+. The van der Waals surface area contributed by atoms with Crippen molar-refractivity contribution in [3.05, 3.63) is 89.2 Å². The molecular weight excluding hydrogens is 859 g/mol. The van der Waals surface area contributed by atoms with Gasteiger partial charge in [-0.2, -0.15) is 13.0 Å². The van der Waals surface area contributed by atoms with E-state index in [9.17, 15) is 32.1 Å². The number of rotatable bonds is 28. The summed E-state index contributed by atoms with van der Waals surface area (Å²) >= 11 is 0. The van der Waals surface area contributed by atoms with Crippen molar-refractivity contribution in [2.24, 2.45) is 0 Å². The molecule has 0 aliphatic carbocycles. The van der Waals surface area contributed by atoms with Crippen LogP contribution in [0.3, 0.4) is 0 Å². The highest BCUT2D eigenvalue weighted by molar-refractivity contribution is 7.85. The maximum Gasteiger partial charge on any atom is 0.294 e. The second-order valence-corrected chi connectivity index (χ2v) is 19.8. The monoisotopic (exact) mass is 931 g/mol. The number of carbonyl (C=O) groups is 4. The number of fused-ring (bicyclic) bond motifs is 2. The van der Waals surface area contributed by atoms with Crippen molar-refractivity contribution < 1.29 is 46.2 Å². The molecule has 2 aromatic rings. The van der Waals surface area contributed by atoms with Gasteiger partial charge in [0.1, 0.15) is 6.54 Å². The van der Waals surface area contributed by atoms with Gasteiger partial charge in [0.05, 0.1) is 30.1 Å². The molecule has 15 heteroatoms. The third-order valence-corrected chi connectivity index (χ3v) is 13.7. The second kappa shape index (κ2) is 24.2. The van der Waals surface area contributed by atoms with Gasteiger partial charge in [0, 0.05) is 99.2 Å². The van der Waals surface area contributed by atoms with Gasteiger partial charge in [0.2, 0.25) is 17.5 Å². The number of nitrogens with zero attached hydrogens (tertiary/aromatic N) is 3. The lowest BCUT2D eigenvalue weighted by Crippen LogP contribution is -2.31. The molecule has 0 fully saturated rings. The Morgan fingerprint density at radius 2 is 1.41 bits per heavy atom. The highest BCUT2D eigenvalue weighted by Gasteiger charge is 2.45. The molecule has 3 aliphatic heterocycles. The van der Waals surface area contributed by atoms with E-state index in [1.165, 1.54) is 45.6 Å². The molecule has 0 saturated carbocycles.